The van der Waals surface area contributed by atoms with E-state index in [1.54, 1.807) is 14.1 Å². The molecule has 1 aromatic carbocycles. The third-order valence-electron chi connectivity index (χ3n) is 8.53. The highest BCUT2D eigenvalue weighted by Crippen LogP contribution is 2.50. The first-order valence-electron chi connectivity index (χ1n) is 12.4. The van der Waals surface area contributed by atoms with Crippen molar-refractivity contribution in [1.82, 2.24) is 9.80 Å². The van der Waals surface area contributed by atoms with Crippen LogP contribution in [0, 0.1) is 23.7 Å². The molecule has 2 unspecified atom stereocenters. The zero-order valence-corrected chi connectivity index (χ0v) is 20.4. The molecular weight excluding hydrogens is 466 g/mol. The Balaban J connectivity index is 1.55. The van der Waals surface area contributed by atoms with Crippen LogP contribution in [0.25, 0.3) is 0 Å². The van der Waals surface area contributed by atoms with Gasteiger partial charge < -0.3 is 15.9 Å². The molecule has 0 spiro atoms. The van der Waals surface area contributed by atoms with Gasteiger partial charge in [0.25, 0.3) is 0 Å². The Hall–Kier alpha value is -2.95. The van der Waals surface area contributed by atoms with Crippen LogP contribution in [-0.2, 0) is 32.1 Å². The number of phenols is 1. The summed E-state index contributed by atoms with van der Waals surface area (Å²) in [4.78, 5) is 69.4. The van der Waals surface area contributed by atoms with Crippen LogP contribution in [-0.4, -0.2) is 87.9 Å². The van der Waals surface area contributed by atoms with Gasteiger partial charge in [0.1, 0.15) is 5.75 Å². The lowest BCUT2D eigenvalue weighted by molar-refractivity contribution is -0.181. The number of nitrogens with two attached hydrogens (primary N) is 1. The Morgan fingerprint density at radius 3 is 2.42 bits per heavy atom. The second kappa shape index (κ2) is 8.57. The number of hydrogen-bond acceptors (Lipinski definition) is 9. The minimum absolute atomic E-state index is 0.0340. The van der Waals surface area contributed by atoms with E-state index in [-0.39, 0.29) is 24.2 Å². The van der Waals surface area contributed by atoms with Gasteiger partial charge >= 0.3 is 0 Å². The summed E-state index contributed by atoms with van der Waals surface area (Å²) in [6.07, 6.45) is 2.58. The Bertz CT molecular complexity index is 1190. The lowest BCUT2D eigenvalue weighted by Crippen LogP contribution is -2.74. The Labute approximate surface area is 208 Å². The SMILES string of the molecule is CN(C)[C@@H]1C(=O)C(C(N)=O)C(=O)[C@@]2(O)C(=O)C3C(=O)c4c(O)cc(CN5CCCC5)cc4C[C@H]3C[C@@H]12. The second-order valence-corrected chi connectivity index (χ2v) is 10.9. The van der Waals surface area contributed by atoms with Crippen LogP contribution < -0.4 is 5.73 Å². The van der Waals surface area contributed by atoms with Crippen LogP contribution in [0.2, 0.25) is 0 Å². The maximum absolute atomic E-state index is 13.7. The van der Waals surface area contributed by atoms with E-state index < -0.39 is 64.4 Å². The molecule has 10 heteroatoms. The zero-order chi connectivity index (χ0) is 26.1. The van der Waals surface area contributed by atoms with Crippen molar-refractivity contribution in [3.63, 3.8) is 0 Å². The van der Waals surface area contributed by atoms with Gasteiger partial charge in [-0.05, 0) is 76.0 Å². The summed E-state index contributed by atoms with van der Waals surface area (Å²) in [5, 5.41) is 22.3. The third kappa shape index (κ3) is 3.46. The van der Waals surface area contributed by atoms with Crippen LogP contribution in [0.15, 0.2) is 12.1 Å². The first kappa shape index (κ1) is 24.7. The molecule has 3 fully saturated rings. The average molecular weight is 498 g/mol. The summed E-state index contributed by atoms with van der Waals surface area (Å²) in [6.45, 7) is 2.58. The van der Waals surface area contributed by atoms with Gasteiger partial charge in [-0.1, -0.05) is 6.07 Å². The molecule has 0 aromatic heterocycles. The number of fused-ring (bicyclic) bond motifs is 3. The second-order valence-electron chi connectivity index (χ2n) is 10.9. The predicted molar refractivity (Wildman–Crippen MR) is 126 cm³/mol. The molecule has 1 aliphatic heterocycles. The summed E-state index contributed by atoms with van der Waals surface area (Å²) < 4.78 is 0. The van der Waals surface area contributed by atoms with Gasteiger partial charge in [0.2, 0.25) is 5.91 Å². The largest absolute Gasteiger partial charge is 0.507 e. The van der Waals surface area contributed by atoms with E-state index in [9.17, 15) is 34.2 Å². The molecule has 2 saturated carbocycles. The molecule has 1 heterocycles. The Morgan fingerprint density at radius 2 is 1.81 bits per heavy atom. The van der Waals surface area contributed by atoms with E-state index in [1.807, 2.05) is 6.07 Å². The number of rotatable bonds is 4. The van der Waals surface area contributed by atoms with E-state index in [0.717, 1.165) is 31.5 Å². The van der Waals surface area contributed by atoms with Crippen molar-refractivity contribution in [3.8, 4) is 5.75 Å². The summed E-state index contributed by atoms with van der Waals surface area (Å²) in [5.41, 5.74) is 4.16. The number of ketones is 4. The maximum Gasteiger partial charge on any atom is 0.235 e. The number of primary amides is 1. The lowest BCUT2D eigenvalue weighted by atomic mass is 9.52. The molecule has 1 saturated heterocycles. The van der Waals surface area contributed by atoms with Crippen molar-refractivity contribution >= 4 is 29.0 Å². The van der Waals surface area contributed by atoms with Crippen LogP contribution in [0.1, 0.15) is 40.7 Å². The van der Waals surface area contributed by atoms with Crippen molar-refractivity contribution in [1.29, 1.82) is 0 Å². The fourth-order valence-corrected chi connectivity index (χ4v) is 6.99. The van der Waals surface area contributed by atoms with Crippen LogP contribution in [0.5, 0.6) is 5.75 Å². The zero-order valence-electron chi connectivity index (χ0n) is 20.4. The quantitative estimate of drug-likeness (QED) is 0.465. The molecule has 6 atom stereocenters. The van der Waals surface area contributed by atoms with Crippen LogP contribution in [0.4, 0.5) is 0 Å². The highest BCUT2D eigenvalue weighted by molar-refractivity contribution is 6.32. The van der Waals surface area contributed by atoms with Gasteiger partial charge in [0.15, 0.2) is 34.7 Å². The fourth-order valence-electron chi connectivity index (χ4n) is 6.99. The molecule has 10 nitrogen and oxygen atoms in total. The number of carbonyl (C=O) groups excluding carboxylic acids is 5. The van der Waals surface area contributed by atoms with Crippen LogP contribution >= 0.6 is 0 Å². The molecule has 192 valence electrons. The molecule has 36 heavy (non-hydrogen) atoms. The number of nitrogens with zero attached hydrogens (tertiary/aromatic N) is 2. The number of aliphatic hydroxyl groups is 1. The topological polar surface area (TPSA) is 158 Å². The average Bonchev–Trinajstić information content (AvgIpc) is 3.28. The number of likely N-dealkylation sites (tertiary alicyclic amines) is 1. The molecule has 5 rings (SSSR count). The summed E-state index contributed by atoms with van der Waals surface area (Å²) in [6, 6.07) is 2.33. The summed E-state index contributed by atoms with van der Waals surface area (Å²) in [7, 11) is 3.13. The number of hydrogen-bond donors (Lipinski definition) is 3. The Kier molecular flexibility index (Phi) is 5.89. The molecular formula is C26H31N3O7. The van der Waals surface area contributed by atoms with E-state index in [4.69, 9.17) is 5.73 Å². The first-order valence-corrected chi connectivity index (χ1v) is 12.4. The number of likely N-dealkylation sites (N-methyl/N-ethyl adjacent to an activating group) is 1. The van der Waals surface area contributed by atoms with Crippen molar-refractivity contribution in [2.45, 2.75) is 43.9 Å². The van der Waals surface area contributed by atoms with Crippen LogP contribution in [0.3, 0.4) is 0 Å². The van der Waals surface area contributed by atoms with Gasteiger partial charge in [0, 0.05) is 12.5 Å². The monoisotopic (exact) mass is 497 g/mol. The number of aromatic hydroxyl groups is 1. The van der Waals surface area contributed by atoms with Gasteiger partial charge in [-0.15, -0.1) is 0 Å². The molecule has 1 aromatic rings. The maximum atomic E-state index is 13.7. The highest BCUT2D eigenvalue weighted by atomic mass is 16.3. The number of phenolic OH excluding ortho intramolecular Hbond substituents is 1. The predicted octanol–water partition coefficient (Wildman–Crippen LogP) is -0.537. The summed E-state index contributed by atoms with van der Waals surface area (Å²) >= 11 is 0. The number of benzene rings is 1. The van der Waals surface area contributed by atoms with Crippen molar-refractivity contribution < 1.29 is 34.2 Å². The van der Waals surface area contributed by atoms with Crippen molar-refractivity contribution in [3.05, 3.63) is 28.8 Å². The minimum Gasteiger partial charge on any atom is -0.507 e. The minimum atomic E-state index is -2.69. The molecule has 1 amide bonds. The molecule has 4 aliphatic rings. The smallest absolute Gasteiger partial charge is 0.235 e. The normalized spacial score (nSPS) is 34.5. The van der Waals surface area contributed by atoms with Gasteiger partial charge in [-0.2, -0.15) is 0 Å². The number of amides is 1. The number of Topliss-reactive ketones (excluding diaryl/α,β-unsaturated/α-hetero) is 4. The number of carbonyl (C=O) groups is 5. The lowest BCUT2D eigenvalue weighted by Gasteiger charge is -2.52. The van der Waals surface area contributed by atoms with Gasteiger partial charge in [-0.25, -0.2) is 0 Å². The van der Waals surface area contributed by atoms with E-state index in [1.165, 1.54) is 11.0 Å². The van der Waals surface area contributed by atoms with E-state index in [0.29, 0.717) is 12.1 Å². The molecule has 0 bridgehead atoms. The van der Waals surface area contributed by atoms with Gasteiger partial charge in [0.05, 0.1) is 17.5 Å². The van der Waals surface area contributed by atoms with Gasteiger partial charge in [-0.3, -0.25) is 33.8 Å². The Morgan fingerprint density at radius 1 is 1.14 bits per heavy atom. The highest BCUT2D eigenvalue weighted by Gasteiger charge is 2.69. The van der Waals surface area contributed by atoms with E-state index in [2.05, 4.69) is 4.90 Å². The summed E-state index contributed by atoms with van der Waals surface area (Å²) in [5.74, 6) is -10.1. The third-order valence-corrected chi connectivity index (χ3v) is 8.53. The van der Waals surface area contributed by atoms with E-state index >= 15 is 0 Å². The first-order chi connectivity index (χ1) is 17.0. The molecule has 0 radical (unpaired) electrons. The standard InChI is InChI=1S/C26H31N3O7/c1-28(2)20-15-10-14-9-13-7-12(11-29-5-3-4-6-29)8-16(30)17(13)21(31)18(14)23(33)26(15,36)24(34)19(22(20)32)25(27)35/h7-8,14-15,18-20,30,36H,3-6,9-11H2,1-2H3,(H2,27,35)/t14-,15-,18?,19?,20-,26-/m0/s1. The fraction of sp³-hybridized carbons (Fsp3) is 0.577. The van der Waals surface area contributed by atoms with Crippen molar-refractivity contribution in [2.24, 2.45) is 29.4 Å². The molecule has 4 N–H and O–H groups in total. The molecule has 3 aliphatic carbocycles. The van der Waals surface area contributed by atoms with Crippen molar-refractivity contribution in [2.75, 3.05) is 27.2 Å².